The summed E-state index contributed by atoms with van der Waals surface area (Å²) >= 11 is 0. The van der Waals surface area contributed by atoms with Crippen LogP contribution in [-0.2, 0) is 0 Å². The molecule has 0 heterocycles. The molecule has 5 aliphatic carbocycles. The second-order valence-electron chi connectivity index (χ2n) is 28.1. The van der Waals surface area contributed by atoms with Crippen molar-refractivity contribution < 1.29 is 0 Å². The van der Waals surface area contributed by atoms with Crippen molar-refractivity contribution in [2.45, 2.75) is 304 Å². The van der Waals surface area contributed by atoms with Crippen LogP contribution in [0.1, 0.15) is 304 Å². The van der Waals surface area contributed by atoms with Crippen LogP contribution in [0, 0.1) is 147 Å². The zero-order valence-electron chi connectivity index (χ0n) is 52.2. The molecule has 5 aliphatic rings. The van der Waals surface area contributed by atoms with Gasteiger partial charge in [0.05, 0.1) is 0 Å². The zero-order chi connectivity index (χ0) is 52.2. The van der Waals surface area contributed by atoms with Gasteiger partial charge in [0.25, 0.3) is 0 Å². The molecule has 0 bridgehead atoms. The second-order valence-corrected chi connectivity index (χ2v) is 28.1. The zero-order valence-corrected chi connectivity index (χ0v) is 52.2. The van der Waals surface area contributed by atoms with Gasteiger partial charge in [-0.3, -0.25) is 0 Å². The molecule has 0 radical (unpaired) electrons. The van der Waals surface area contributed by atoms with E-state index in [1.807, 2.05) is 0 Å². The largest absolute Gasteiger partial charge is 0.0654 e. The molecule has 0 nitrogen and oxygen atoms in total. The van der Waals surface area contributed by atoms with Gasteiger partial charge < -0.3 is 0 Å². The van der Waals surface area contributed by atoms with Crippen molar-refractivity contribution in [1.82, 2.24) is 0 Å². The van der Waals surface area contributed by atoms with Gasteiger partial charge in [0.2, 0.25) is 0 Å². The van der Waals surface area contributed by atoms with Crippen LogP contribution in [0.4, 0.5) is 0 Å². The van der Waals surface area contributed by atoms with E-state index in [1.54, 1.807) is 38.5 Å². The highest BCUT2D eigenvalue weighted by molar-refractivity contribution is 5.07. The van der Waals surface area contributed by atoms with Crippen LogP contribution >= 0.6 is 0 Å². The summed E-state index contributed by atoms with van der Waals surface area (Å²) in [4.78, 5) is 0. The minimum absolute atomic E-state index is 0.466. The summed E-state index contributed by atoms with van der Waals surface area (Å²) in [6.07, 6.45) is 41.0. The van der Waals surface area contributed by atoms with Gasteiger partial charge >= 0.3 is 0 Å². The molecule has 0 aromatic heterocycles. The third-order valence-corrected chi connectivity index (χ3v) is 26.4. The first-order valence-corrected chi connectivity index (χ1v) is 34.3. The summed E-state index contributed by atoms with van der Waals surface area (Å²) in [5, 5.41) is 0. The average Bonchev–Trinajstić information content (AvgIpc) is 3.39. The fraction of sp³-hybridized carbons (Fsp3) is 1.00. The molecule has 0 amide bonds. The number of hydrogen-bond acceptors (Lipinski definition) is 0. The second kappa shape index (κ2) is 29.7. The van der Waals surface area contributed by atoms with Gasteiger partial charge in [0.1, 0.15) is 0 Å². The molecular weight excluding hydrogens is 853 g/mol. The lowest BCUT2D eigenvalue weighted by molar-refractivity contribution is -0.151. The van der Waals surface area contributed by atoms with Crippen LogP contribution in [0.2, 0.25) is 0 Å². The van der Waals surface area contributed by atoms with E-state index in [-0.39, 0.29) is 0 Å². The molecule has 19 unspecified atom stereocenters. The number of fused-ring (bicyclic) bond motifs is 2. The van der Waals surface area contributed by atoms with Crippen molar-refractivity contribution >= 4 is 0 Å². The lowest BCUT2D eigenvalue weighted by Crippen LogP contribution is -2.57. The summed E-state index contributed by atoms with van der Waals surface area (Å²) < 4.78 is 0. The Morgan fingerprint density at radius 2 is 0.845 bits per heavy atom. The Kier molecular flexibility index (Phi) is 25.8. The van der Waals surface area contributed by atoms with Crippen molar-refractivity contribution in [2.75, 3.05) is 0 Å². The third kappa shape index (κ3) is 13.0. The minimum atomic E-state index is 0.466. The van der Waals surface area contributed by atoms with Crippen LogP contribution in [-0.4, -0.2) is 0 Å². The van der Waals surface area contributed by atoms with Gasteiger partial charge in [-0.15, -0.1) is 0 Å². The molecule has 5 fully saturated rings. The van der Waals surface area contributed by atoms with E-state index >= 15 is 0 Å². The SMILES string of the molecule is CCCC(CC)C1CC([C@@H](CCCCC2[C@@H]3CCCC(C)C(C)CCCC3C(CC)C3C(CC)C(CC)C(CC)C(CC)[C@@H]32)C2C(CC)C(CC)C(CC)C(CC)C2CC)CC(C(C)(CC)CC)C1CC. The fourth-order valence-corrected chi connectivity index (χ4v) is 22.8. The first-order valence-electron chi connectivity index (χ1n) is 34.3. The van der Waals surface area contributed by atoms with Crippen molar-refractivity contribution in [2.24, 2.45) is 147 Å². The summed E-state index contributed by atoms with van der Waals surface area (Å²) in [6.45, 7) is 47.4. The van der Waals surface area contributed by atoms with Crippen molar-refractivity contribution in [3.05, 3.63) is 0 Å². The first kappa shape index (κ1) is 61.8. The van der Waals surface area contributed by atoms with Crippen LogP contribution in [0.15, 0.2) is 0 Å². The third-order valence-electron chi connectivity index (χ3n) is 26.4. The smallest absolute Gasteiger partial charge is 0.0300 e. The molecule has 71 heavy (non-hydrogen) atoms. The quantitative estimate of drug-likeness (QED) is 0.0800. The van der Waals surface area contributed by atoms with E-state index in [9.17, 15) is 0 Å². The molecule has 0 saturated heterocycles. The first-order chi connectivity index (χ1) is 34.3. The van der Waals surface area contributed by atoms with Gasteiger partial charge in [-0.25, -0.2) is 0 Å². The Bertz CT molecular complexity index is 1400. The van der Waals surface area contributed by atoms with Gasteiger partial charge in [0.15, 0.2) is 0 Å². The molecule has 0 spiro atoms. The van der Waals surface area contributed by atoms with Gasteiger partial charge in [-0.2, -0.15) is 0 Å². The van der Waals surface area contributed by atoms with Crippen LogP contribution < -0.4 is 0 Å². The maximum atomic E-state index is 2.78. The Morgan fingerprint density at radius 3 is 1.27 bits per heavy atom. The summed E-state index contributed by atoms with van der Waals surface area (Å²) in [7, 11) is 0. The van der Waals surface area contributed by atoms with E-state index in [1.165, 1.54) is 141 Å². The number of hydrogen-bond donors (Lipinski definition) is 0. The van der Waals surface area contributed by atoms with Crippen molar-refractivity contribution in [3.8, 4) is 0 Å². The molecule has 0 heteroatoms. The minimum Gasteiger partial charge on any atom is -0.0654 e. The van der Waals surface area contributed by atoms with Crippen LogP contribution in [0.25, 0.3) is 0 Å². The monoisotopic (exact) mass is 987 g/mol. The van der Waals surface area contributed by atoms with Crippen molar-refractivity contribution in [3.63, 3.8) is 0 Å². The maximum Gasteiger partial charge on any atom is -0.0300 e. The Morgan fingerprint density at radius 1 is 0.423 bits per heavy atom. The highest BCUT2D eigenvalue weighted by Crippen LogP contribution is 2.65. The van der Waals surface area contributed by atoms with Gasteiger partial charge in [-0.1, -0.05) is 266 Å². The van der Waals surface area contributed by atoms with E-state index in [2.05, 4.69) is 125 Å². The number of unbranched alkanes of at least 4 members (excludes halogenated alkanes) is 1. The molecule has 0 aliphatic heterocycles. The van der Waals surface area contributed by atoms with Crippen LogP contribution in [0.5, 0.6) is 0 Å². The molecule has 22 atom stereocenters. The van der Waals surface area contributed by atoms with E-state index < -0.39 is 0 Å². The predicted molar refractivity (Wildman–Crippen MR) is 318 cm³/mol. The highest BCUT2D eigenvalue weighted by atomic mass is 14.6. The normalized spacial score (nSPS) is 42.5. The predicted octanol–water partition coefficient (Wildman–Crippen LogP) is 23.1. The standard InChI is InChI=1S/C71H134/c1-19-38-49(20-2)66-45-50(46-67(56(66)26-8)71(18,32-14)33-15)62(68-57(27-9)52(22-4)51(21-3)53(23-5)58(68)28-10)41-34-35-42-65-64-44-37-40-48(17)47(16)39-36-43-63(64)61(31-13)69-59(29-11)54(24-6)55(25-7)60(30-12)70(65)69/h47-70H,19-46H2,1-18H3/t47?,48?,49?,50?,51?,52?,53?,54?,55?,56?,57?,58?,59?,60?,61?,62-,63?,64-,65?,66?,67?,68?,69?,70-/m1/s1. The van der Waals surface area contributed by atoms with E-state index in [4.69, 9.17) is 0 Å². The van der Waals surface area contributed by atoms with Gasteiger partial charge in [0, 0.05) is 0 Å². The molecule has 418 valence electrons. The Hall–Kier alpha value is 0. The number of rotatable bonds is 25. The Labute approximate surface area is 449 Å². The van der Waals surface area contributed by atoms with Gasteiger partial charge in [-0.05, 0) is 186 Å². The highest BCUT2D eigenvalue weighted by Gasteiger charge is 2.59. The summed E-state index contributed by atoms with van der Waals surface area (Å²) in [6, 6.07) is 0. The molecular formula is C71H134. The van der Waals surface area contributed by atoms with Crippen molar-refractivity contribution in [1.29, 1.82) is 0 Å². The van der Waals surface area contributed by atoms with E-state index in [0.29, 0.717) is 5.41 Å². The molecule has 5 rings (SSSR count). The topological polar surface area (TPSA) is 0 Å². The van der Waals surface area contributed by atoms with E-state index in [0.717, 1.165) is 142 Å². The molecule has 0 aromatic rings. The average molecular weight is 988 g/mol. The molecule has 0 N–H and O–H groups in total. The fourth-order valence-electron chi connectivity index (χ4n) is 22.8. The maximum absolute atomic E-state index is 2.78. The lowest BCUT2D eigenvalue weighted by atomic mass is 9.42. The summed E-state index contributed by atoms with van der Waals surface area (Å²) in [5.74, 6) is 22.4. The summed E-state index contributed by atoms with van der Waals surface area (Å²) in [5.41, 5.74) is 0.466. The Balaban J connectivity index is 1.62. The molecule has 0 aromatic carbocycles. The lowest BCUT2D eigenvalue weighted by Gasteiger charge is -2.63. The van der Waals surface area contributed by atoms with Crippen LogP contribution in [0.3, 0.4) is 0 Å². The molecule has 5 saturated carbocycles.